The summed E-state index contributed by atoms with van der Waals surface area (Å²) in [5.74, 6) is 0.727. The largest absolute Gasteiger partial charge is 0.496 e. The number of ether oxygens (including phenoxy) is 1. The molecule has 0 bridgehead atoms. The number of hydrogen-bond donors (Lipinski definition) is 1. The lowest BCUT2D eigenvalue weighted by atomic mass is 10.0. The summed E-state index contributed by atoms with van der Waals surface area (Å²) in [6.45, 7) is 1.27. The summed E-state index contributed by atoms with van der Waals surface area (Å²) in [7, 11) is 1.64. The normalized spacial score (nSPS) is 13.5. The maximum absolute atomic E-state index is 13.2. The first-order chi connectivity index (χ1) is 14.2. The maximum Gasteiger partial charge on any atom is 0.273 e. The molecule has 7 heteroatoms. The quantitative estimate of drug-likeness (QED) is 0.446. The number of carbonyl (C=O) groups excluding carboxylic acids is 1. The Labute approximate surface area is 180 Å². The molecule has 5 nitrogen and oxygen atoms in total. The van der Waals surface area contributed by atoms with Crippen LogP contribution < -0.4 is 4.74 Å². The number of para-hydroxylation sites is 2. The van der Waals surface area contributed by atoms with Crippen molar-refractivity contribution in [2.75, 3.05) is 13.7 Å². The molecule has 0 fully saturated rings. The molecular formula is C22H18BrN3O2S. The highest BCUT2D eigenvalue weighted by atomic mass is 79.9. The fourth-order valence-electron chi connectivity index (χ4n) is 3.85. The Hall–Kier alpha value is -2.64. The van der Waals surface area contributed by atoms with Crippen molar-refractivity contribution in [1.82, 2.24) is 14.9 Å². The van der Waals surface area contributed by atoms with Crippen LogP contribution in [0, 0.1) is 0 Å². The summed E-state index contributed by atoms with van der Waals surface area (Å²) >= 11 is 5.08. The predicted molar refractivity (Wildman–Crippen MR) is 119 cm³/mol. The van der Waals surface area contributed by atoms with E-state index in [9.17, 15) is 4.79 Å². The SMILES string of the molecule is COc1ccccc1-c1nc(C(=O)N2CCc3[nH]c4c(Br)cccc4c3C2)cs1. The molecule has 2 aromatic carbocycles. The Balaban J connectivity index is 1.43. The Morgan fingerprint density at radius 1 is 1.24 bits per heavy atom. The average Bonchev–Trinajstić information content (AvgIpc) is 3.39. The van der Waals surface area contributed by atoms with Crippen molar-refractivity contribution < 1.29 is 9.53 Å². The van der Waals surface area contributed by atoms with Crippen molar-refractivity contribution in [3.05, 3.63) is 69.3 Å². The molecule has 1 aliphatic heterocycles. The number of nitrogens with zero attached hydrogens (tertiary/aromatic N) is 2. The van der Waals surface area contributed by atoms with Crippen molar-refractivity contribution in [3.8, 4) is 16.3 Å². The van der Waals surface area contributed by atoms with Gasteiger partial charge in [-0.1, -0.05) is 24.3 Å². The van der Waals surface area contributed by atoms with Gasteiger partial charge >= 0.3 is 0 Å². The second-order valence-corrected chi connectivity index (χ2v) is 8.67. The molecule has 0 spiro atoms. The highest BCUT2D eigenvalue weighted by molar-refractivity contribution is 9.10. The lowest BCUT2D eigenvalue weighted by Crippen LogP contribution is -2.36. The van der Waals surface area contributed by atoms with Crippen LogP contribution in [0.25, 0.3) is 21.5 Å². The molecule has 2 aromatic heterocycles. The van der Waals surface area contributed by atoms with Crippen molar-refractivity contribution in [3.63, 3.8) is 0 Å². The summed E-state index contributed by atoms with van der Waals surface area (Å²) in [4.78, 5) is 23.2. The van der Waals surface area contributed by atoms with Gasteiger partial charge in [-0.15, -0.1) is 11.3 Å². The molecular weight excluding hydrogens is 450 g/mol. The lowest BCUT2D eigenvalue weighted by Gasteiger charge is -2.26. The highest BCUT2D eigenvalue weighted by Crippen LogP contribution is 2.34. The summed E-state index contributed by atoms with van der Waals surface area (Å²) in [5.41, 5.74) is 4.89. The van der Waals surface area contributed by atoms with E-state index in [0.29, 0.717) is 18.8 Å². The average molecular weight is 468 g/mol. The van der Waals surface area contributed by atoms with Crippen LogP contribution >= 0.6 is 27.3 Å². The molecule has 0 saturated heterocycles. The Morgan fingerprint density at radius 2 is 2.10 bits per heavy atom. The van der Waals surface area contributed by atoms with Gasteiger partial charge in [-0.05, 0) is 34.1 Å². The Morgan fingerprint density at radius 3 is 2.97 bits per heavy atom. The van der Waals surface area contributed by atoms with Gasteiger partial charge in [0.25, 0.3) is 5.91 Å². The molecule has 29 heavy (non-hydrogen) atoms. The third-order valence-corrected chi connectivity index (χ3v) is 6.84. The zero-order valence-corrected chi connectivity index (χ0v) is 18.1. The van der Waals surface area contributed by atoms with E-state index in [0.717, 1.165) is 32.7 Å². The first-order valence-corrected chi connectivity index (χ1v) is 11.0. The molecule has 3 heterocycles. The third-order valence-electron chi connectivity index (χ3n) is 5.31. The zero-order valence-electron chi connectivity index (χ0n) is 15.7. The topological polar surface area (TPSA) is 58.2 Å². The number of amides is 1. The lowest BCUT2D eigenvalue weighted by molar-refractivity contribution is 0.0730. The summed E-state index contributed by atoms with van der Waals surface area (Å²) in [5, 5.41) is 3.80. The van der Waals surface area contributed by atoms with Crippen molar-refractivity contribution >= 4 is 44.1 Å². The van der Waals surface area contributed by atoms with Gasteiger partial charge in [0.2, 0.25) is 0 Å². The maximum atomic E-state index is 13.2. The van der Waals surface area contributed by atoms with Crippen LogP contribution in [-0.4, -0.2) is 34.4 Å². The number of halogens is 1. The number of hydrogen-bond acceptors (Lipinski definition) is 4. The molecule has 1 amide bonds. The molecule has 0 aliphatic carbocycles. The fourth-order valence-corrected chi connectivity index (χ4v) is 5.14. The minimum absolute atomic E-state index is 0.0302. The van der Waals surface area contributed by atoms with Crippen molar-refractivity contribution in [2.24, 2.45) is 0 Å². The second-order valence-electron chi connectivity index (χ2n) is 6.96. The van der Waals surface area contributed by atoms with Gasteiger partial charge in [-0.3, -0.25) is 4.79 Å². The van der Waals surface area contributed by atoms with E-state index < -0.39 is 0 Å². The minimum atomic E-state index is -0.0302. The Kier molecular flexibility index (Phi) is 4.64. The number of thiazole rings is 1. The number of carbonyl (C=O) groups is 1. The third kappa shape index (κ3) is 3.14. The summed E-state index contributed by atoms with van der Waals surface area (Å²) in [6.07, 6.45) is 0.811. The predicted octanol–water partition coefficient (Wildman–Crippen LogP) is 5.26. The smallest absolute Gasteiger partial charge is 0.273 e. The molecule has 0 unspecified atom stereocenters. The number of fused-ring (bicyclic) bond motifs is 3. The number of aromatic amines is 1. The van der Waals surface area contributed by atoms with Crippen LogP contribution in [0.2, 0.25) is 0 Å². The van der Waals surface area contributed by atoms with E-state index in [-0.39, 0.29) is 5.91 Å². The summed E-state index contributed by atoms with van der Waals surface area (Å²) in [6, 6.07) is 13.9. The van der Waals surface area contributed by atoms with Crippen LogP contribution in [0.3, 0.4) is 0 Å². The molecule has 5 rings (SSSR count). The van der Waals surface area contributed by atoms with Gasteiger partial charge in [0, 0.05) is 46.0 Å². The zero-order chi connectivity index (χ0) is 20.0. The number of rotatable bonds is 3. The number of methoxy groups -OCH3 is 1. The number of H-pyrrole nitrogens is 1. The van der Waals surface area contributed by atoms with E-state index in [2.05, 4.69) is 32.0 Å². The van der Waals surface area contributed by atoms with E-state index in [1.165, 1.54) is 28.0 Å². The van der Waals surface area contributed by atoms with Crippen LogP contribution in [-0.2, 0) is 13.0 Å². The number of nitrogens with one attached hydrogen (secondary N) is 1. The molecule has 0 saturated carbocycles. The summed E-state index contributed by atoms with van der Waals surface area (Å²) < 4.78 is 6.48. The standard InChI is InChI=1S/C22H18BrN3O2S/c1-28-19-8-3-2-5-14(19)21-25-18(12-29-21)22(27)26-10-9-17-15(11-26)13-6-4-7-16(23)20(13)24-17/h2-8,12,24H,9-11H2,1H3. The van der Waals surface area contributed by atoms with Crippen LogP contribution in [0.1, 0.15) is 21.7 Å². The first-order valence-electron chi connectivity index (χ1n) is 9.32. The monoisotopic (exact) mass is 467 g/mol. The molecule has 1 aliphatic rings. The van der Waals surface area contributed by atoms with E-state index in [4.69, 9.17) is 4.74 Å². The van der Waals surface area contributed by atoms with Gasteiger partial charge in [-0.25, -0.2) is 4.98 Å². The molecule has 1 N–H and O–H groups in total. The van der Waals surface area contributed by atoms with E-state index in [1.54, 1.807) is 7.11 Å². The van der Waals surface area contributed by atoms with Gasteiger partial charge in [-0.2, -0.15) is 0 Å². The number of aromatic nitrogens is 2. The fraction of sp³-hybridized carbons (Fsp3) is 0.182. The van der Waals surface area contributed by atoms with E-state index >= 15 is 0 Å². The van der Waals surface area contributed by atoms with Crippen LogP contribution in [0.15, 0.2) is 52.3 Å². The molecule has 4 aromatic rings. The van der Waals surface area contributed by atoms with Crippen LogP contribution in [0.5, 0.6) is 5.75 Å². The van der Waals surface area contributed by atoms with Gasteiger partial charge in [0.15, 0.2) is 0 Å². The number of benzene rings is 2. The highest BCUT2D eigenvalue weighted by Gasteiger charge is 2.27. The van der Waals surface area contributed by atoms with Crippen LogP contribution in [0.4, 0.5) is 0 Å². The van der Waals surface area contributed by atoms with Gasteiger partial charge < -0.3 is 14.6 Å². The molecule has 0 radical (unpaired) electrons. The molecule has 146 valence electrons. The van der Waals surface area contributed by atoms with Crippen molar-refractivity contribution in [1.29, 1.82) is 0 Å². The minimum Gasteiger partial charge on any atom is -0.496 e. The molecule has 0 atom stereocenters. The van der Waals surface area contributed by atoms with E-state index in [1.807, 2.05) is 46.7 Å². The van der Waals surface area contributed by atoms with Gasteiger partial charge in [0.1, 0.15) is 16.5 Å². The van der Waals surface area contributed by atoms with Gasteiger partial charge in [0.05, 0.1) is 18.2 Å². The second kappa shape index (κ2) is 7.31. The first kappa shape index (κ1) is 18.4. The van der Waals surface area contributed by atoms with Crippen molar-refractivity contribution in [2.45, 2.75) is 13.0 Å². The Bertz CT molecular complexity index is 1230.